The second kappa shape index (κ2) is 3.63. The number of benzene rings is 2. The molecule has 0 radical (unpaired) electrons. The number of carbonyl (C=O) groups excluding carboxylic acids is 1. The molecule has 0 spiro atoms. The predicted molar refractivity (Wildman–Crippen MR) is 65.7 cm³/mol. The molecule has 1 heterocycles. The maximum absolute atomic E-state index is 11.2. The Labute approximate surface area is 97.6 Å². The first-order valence-corrected chi connectivity index (χ1v) is 5.28. The Balaban J connectivity index is 2.55. The van der Waals surface area contributed by atoms with Crippen molar-refractivity contribution in [2.45, 2.75) is 0 Å². The highest BCUT2D eigenvalue weighted by molar-refractivity contribution is 6.13. The number of ether oxygens (including phenoxy) is 1. The largest absolute Gasteiger partial charge is 0.496 e. The van der Waals surface area contributed by atoms with Crippen LogP contribution in [0.25, 0.3) is 21.9 Å². The van der Waals surface area contributed by atoms with E-state index in [1.54, 1.807) is 13.2 Å². The molecular weight excluding hydrogens is 216 g/mol. The number of carbonyl (C=O) groups is 1. The van der Waals surface area contributed by atoms with Crippen molar-refractivity contribution in [1.29, 1.82) is 0 Å². The molecule has 0 N–H and O–H groups in total. The Morgan fingerprint density at radius 3 is 2.71 bits per heavy atom. The zero-order valence-corrected chi connectivity index (χ0v) is 9.27. The number of furan rings is 1. The average Bonchev–Trinajstić information content (AvgIpc) is 2.76. The lowest BCUT2D eigenvalue weighted by atomic mass is 10.1. The first-order chi connectivity index (χ1) is 8.35. The molecule has 2 aromatic carbocycles. The molecule has 3 aromatic rings. The Kier molecular flexibility index (Phi) is 2.11. The van der Waals surface area contributed by atoms with Gasteiger partial charge in [0, 0.05) is 10.8 Å². The van der Waals surface area contributed by atoms with Crippen molar-refractivity contribution in [1.82, 2.24) is 0 Å². The van der Waals surface area contributed by atoms with Crippen molar-refractivity contribution >= 4 is 28.2 Å². The second-order valence-electron chi connectivity index (χ2n) is 3.77. The van der Waals surface area contributed by atoms with E-state index < -0.39 is 0 Å². The van der Waals surface area contributed by atoms with E-state index in [-0.39, 0.29) is 0 Å². The topological polar surface area (TPSA) is 39.4 Å². The molecule has 0 atom stereocenters. The minimum Gasteiger partial charge on any atom is -0.496 e. The van der Waals surface area contributed by atoms with E-state index in [9.17, 15) is 4.79 Å². The van der Waals surface area contributed by atoms with Gasteiger partial charge in [0.25, 0.3) is 0 Å². The molecule has 0 unspecified atom stereocenters. The van der Waals surface area contributed by atoms with Crippen LogP contribution in [-0.4, -0.2) is 13.4 Å². The molecule has 0 saturated heterocycles. The molecule has 0 aliphatic rings. The maximum atomic E-state index is 11.2. The Morgan fingerprint density at radius 2 is 1.94 bits per heavy atom. The summed E-state index contributed by atoms with van der Waals surface area (Å²) in [4.78, 5) is 11.2. The maximum Gasteiger partial charge on any atom is 0.154 e. The fourth-order valence-corrected chi connectivity index (χ4v) is 2.12. The van der Waals surface area contributed by atoms with Gasteiger partial charge in [-0.3, -0.25) is 4.79 Å². The third kappa shape index (κ3) is 1.32. The van der Waals surface area contributed by atoms with Gasteiger partial charge in [-0.2, -0.15) is 0 Å². The van der Waals surface area contributed by atoms with Gasteiger partial charge in [-0.1, -0.05) is 18.2 Å². The minimum atomic E-state index is 0.537. The molecule has 0 aliphatic heterocycles. The minimum absolute atomic E-state index is 0.537. The summed E-state index contributed by atoms with van der Waals surface area (Å²) in [7, 11) is 1.55. The van der Waals surface area contributed by atoms with Crippen LogP contribution in [0, 0.1) is 0 Å². The molecule has 1 aromatic heterocycles. The molecule has 0 amide bonds. The van der Waals surface area contributed by atoms with Gasteiger partial charge in [0.05, 0.1) is 12.7 Å². The standard InChI is InChI=1S/C14H10O3/c1-16-11-6-7-13-14(10(11)8-15)9-4-2-3-5-12(9)17-13/h2-8H,1H3. The number of hydrogen-bond donors (Lipinski definition) is 0. The van der Waals surface area contributed by atoms with E-state index in [0.717, 1.165) is 22.6 Å². The third-order valence-corrected chi connectivity index (χ3v) is 2.88. The Morgan fingerprint density at radius 1 is 1.12 bits per heavy atom. The zero-order chi connectivity index (χ0) is 11.8. The number of para-hydroxylation sites is 1. The van der Waals surface area contributed by atoms with E-state index in [0.29, 0.717) is 16.9 Å². The van der Waals surface area contributed by atoms with Gasteiger partial charge in [-0.05, 0) is 18.2 Å². The summed E-state index contributed by atoms with van der Waals surface area (Å²) in [6, 6.07) is 11.2. The summed E-state index contributed by atoms with van der Waals surface area (Å²) in [6.45, 7) is 0. The van der Waals surface area contributed by atoms with Crippen molar-refractivity contribution in [3.05, 3.63) is 42.0 Å². The average molecular weight is 226 g/mol. The van der Waals surface area contributed by atoms with Crippen LogP contribution in [0.15, 0.2) is 40.8 Å². The quantitative estimate of drug-likeness (QED) is 0.628. The smallest absolute Gasteiger partial charge is 0.154 e. The van der Waals surface area contributed by atoms with Gasteiger partial charge < -0.3 is 9.15 Å². The van der Waals surface area contributed by atoms with Crippen LogP contribution in [0.2, 0.25) is 0 Å². The summed E-state index contributed by atoms with van der Waals surface area (Å²) >= 11 is 0. The molecule has 0 bridgehead atoms. The van der Waals surface area contributed by atoms with Crippen LogP contribution in [-0.2, 0) is 0 Å². The van der Waals surface area contributed by atoms with E-state index in [1.165, 1.54) is 0 Å². The van der Waals surface area contributed by atoms with E-state index in [4.69, 9.17) is 9.15 Å². The van der Waals surface area contributed by atoms with Crippen LogP contribution in [0.1, 0.15) is 10.4 Å². The summed E-state index contributed by atoms with van der Waals surface area (Å²) in [5.74, 6) is 0.569. The van der Waals surface area contributed by atoms with Crippen LogP contribution >= 0.6 is 0 Å². The van der Waals surface area contributed by atoms with Gasteiger partial charge in [0.1, 0.15) is 16.9 Å². The molecule has 0 aliphatic carbocycles. The normalized spacial score (nSPS) is 10.9. The van der Waals surface area contributed by atoms with Crippen LogP contribution in [0.5, 0.6) is 5.75 Å². The zero-order valence-electron chi connectivity index (χ0n) is 9.27. The highest BCUT2D eigenvalue weighted by Crippen LogP contribution is 2.34. The van der Waals surface area contributed by atoms with Crippen molar-refractivity contribution in [3.8, 4) is 5.75 Å². The highest BCUT2D eigenvalue weighted by Gasteiger charge is 2.14. The predicted octanol–water partition coefficient (Wildman–Crippen LogP) is 3.41. The van der Waals surface area contributed by atoms with Gasteiger partial charge in [0.2, 0.25) is 0 Å². The molecule has 84 valence electrons. The number of hydrogen-bond acceptors (Lipinski definition) is 3. The molecule has 0 saturated carbocycles. The monoisotopic (exact) mass is 226 g/mol. The summed E-state index contributed by atoms with van der Waals surface area (Å²) in [5, 5.41) is 1.75. The molecule has 17 heavy (non-hydrogen) atoms. The van der Waals surface area contributed by atoms with Crippen LogP contribution in [0.3, 0.4) is 0 Å². The Bertz CT molecular complexity index is 710. The highest BCUT2D eigenvalue weighted by atomic mass is 16.5. The SMILES string of the molecule is COc1ccc2oc3ccccc3c2c1C=O. The number of aldehydes is 1. The van der Waals surface area contributed by atoms with Crippen molar-refractivity contribution < 1.29 is 13.9 Å². The molecule has 0 fully saturated rings. The summed E-state index contributed by atoms with van der Waals surface area (Å²) < 4.78 is 10.9. The van der Waals surface area contributed by atoms with Crippen molar-refractivity contribution in [3.63, 3.8) is 0 Å². The van der Waals surface area contributed by atoms with Crippen LogP contribution in [0.4, 0.5) is 0 Å². The lowest BCUT2D eigenvalue weighted by Crippen LogP contribution is -1.90. The third-order valence-electron chi connectivity index (χ3n) is 2.88. The molecular formula is C14H10O3. The fraction of sp³-hybridized carbons (Fsp3) is 0.0714. The first kappa shape index (κ1) is 9.90. The molecule has 3 nitrogen and oxygen atoms in total. The van der Waals surface area contributed by atoms with Gasteiger partial charge >= 0.3 is 0 Å². The fourth-order valence-electron chi connectivity index (χ4n) is 2.12. The second-order valence-corrected chi connectivity index (χ2v) is 3.77. The van der Waals surface area contributed by atoms with Gasteiger partial charge in [-0.25, -0.2) is 0 Å². The molecule has 3 heteroatoms. The van der Waals surface area contributed by atoms with Gasteiger partial charge in [-0.15, -0.1) is 0 Å². The Hall–Kier alpha value is -2.29. The first-order valence-electron chi connectivity index (χ1n) is 5.28. The lowest BCUT2D eigenvalue weighted by molar-refractivity contribution is 0.112. The van der Waals surface area contributed by atoms with E-state index in [1.807, 2.05) is 30.3 Å². The van der Waals surface area contributed by atoms with E-state index >= 15 is 0 Å². The van der Waals surface area contributed by atoms with Crippen LogP contribution < -0.4 is 4.74 Å². The molecule has 3 rings (SSSR count). The van der Waals surface area contributed by atoms with Gasteiger partial charge in [0.15, 0.2) is 6.29 Å². The lowest BCUT2D eigenvalue weighted by Gasteiger charge is -2.03. The summed E-state index contributed by atoms with van der Waals surface area (Å²) in [5.41, 5.74) is 2.02. The van der Waals surface area contributed by atoms with Crippen molar-refractivity contribution in [2.24, 2.45) is 0 Å². The van der Waals surface area contributed by atoms with Crippen molar-refractivity contribution in [2.75, 3.05) is 7.11 Å². The number of rotatable bonds is 2. The summed E-state index contributed by atoms with van der Waals surface area (Å²) in [6.07, 6.45) is 0.809. The number of methoxy groups -OCH3 is 1. The number of fused-ring (bicyclic) bond motifs is 3. The van der Waals surface area contributed by atoms with E-state index in [2.05, 4.69) is 0 Å².